The fourth-order valence-corrected chi connectivity index (χ4v) is 2.44. The molecular formula is C13H14Cl2FN3. The Labute approximate surface area is 121 Å². The molecule has 0 aliphatic carbocycles. The lowest BCUT2D eigenvalue weighted by Gasteiger charge is -2.14. The van der Waals surface area contributed by atoms with E-state index in [0.717, 1.165) is 11.4 Å². The van der Waals surface area contributed by atoms with Crippen molar-refractivity contribution in [3.05, 3.63) is 51.0 Å². The van der Waals surface area contributed by atoms with Crippen molar-refractivity contribution in [2.24, 2.45) is 12.8 Å². The summed E-state index contributed by atoms with van der Waals surface area (Å²) in [5.41, 5.74) is 7.94. The number of nitrogens with zero attached hydrogens (tertiary/aromatic N) is 2. The molecule has 1 heterocycles. The second kappa shape index (κ2) is 5.49. The lowest BCUT2D eigenvalue weighted by Crippen LogP contribution is -2.17. The number of hydrogen-bond acceptors (Lipinski definition) is 2. The molecule has 3 nitrogen and oxygen atoms in total. The van der Waals surface area contributed by atoms with Crippen LogP contribution in [-0.4, -0.2) is 9.78 Å². The number of rotatable bonds is 3. The maximum atomic E-state index is 13.7. The molecule has 0 fully saturated rings. The molecule has 0 spiro atoms. The topological polar surface area (TPSA) is 43.8 Å². The molecule has 2 rings (SSSR count). The zero-order chi connectivity index (χ0) is 14.2. The average molecular weight is 302 g/mol. The van der Waals surface area contributed by atoms with E-state index in [2.05, 4.69) is 5.10 Å². The molecule has 0 saturated heterocycles. The molecule has 1 aromatic heterocycles. The third kappa shape index (κ3) is 2.91. The number of aryl methyl sites for hydroxylation is 2. The van der Waals surface area contributed by atoms with Crippen molar-refractivity contribution in [3.8, 4) is 0 Å². The highest BCUT2D eigenvalue weighted by atomic mass is 35.5. The summed E-state index contributed by atoms with van der Waals surface area (Å²) in [4.78, 5) is 0. The van der Waals surface area contributed by atoms with Crippen LogP contribution in [0.5, 0.6) is 0 Å². The van der Waals surface area contributed by atoms with E-state index in [1.165, 1.54) is 12.1 Å². The van der Waals surface area contributed by atoms with Crippen LogP contribution in [0.1, 0.15) is 23.0 Å². The van der Waals surface area contributed by atoms with Gasteiger partial charge in [-0.2, -0.15) is 5.10 Å². The maximum Gasteiger partial charge on any atom is 0.128 e. The summed E-state index contributed by atoms with van der Waals surface area (Å²) in [5, 5.41) is 5.23. The molecule has 1 aromatic carbocycles. The van der Waals surface area contributed by atoms with Gasteiger partial charge < -0.3 is 5.73 Å². The molecule has 2 aromatic rings. The summed E-state index contributed by atoms with van der Waals surface area (Å²) in [6.45, 7) is 1.82. The molecule has 1 atom stereocenters. The fourth-order valence-electron chi connectivity index (χ4n) is 2.02. The van der Waals surface area contributed by atoms with Crippen molar-refractivity contribution in [1.29, 1.82) is 0 Å². The van der Waals surface area contributed by atoms with Crippen molar-refractivity contribution in [2.45, 2.75) is 19.4 Å². The minimum absolute atomic E-state index is 0.369. The van der Waals surface area contributed by atoms with Crippen LogP contribution < -0.4 is 5.73 Å². The molecule has 0 radical (unpaired) electrons. The van der Waals surface area contributed by atoms with Crippen LogP contribution in [0.2, 0.25) is 10.0 Å². The van der Waals surface area contributed by atoms with Gasteiger partial charge in [-0.15, -0.1) is 0 Å². The van der Waals surface area contributed by atoms with E-state index in [0.29, 0.717) is 22.0 Å². The maximum absolute atomic E-state index is 13.7. The number of nitrogens with two attached hydrogens (primary N) is 1. The molecule has 0 bridgehead atoms. The molecular weight excluding hydrogens is 288 g/mol. The lowest BCUT2D eigenvalue weighted by molar-refractivity contribution is 0.569. The minimum atomic E-state index is -0.522. The Kier molecular flexibility index (Phi) is 4.13. The summed E-state index contributed by atoms with van der Waals surface area (Å²) in [6.07, 6.45) is 0.396. The van der Waals surface area contributed by atoms with Gasteiger partial charge in [0.15, 0.2) is 0 Å². The highest BCUT2D eigenvalue weighted by Gasteiger charge is 2.18. The third-order valence-corrected chi connectivity index (χ3v) is 3.76. The molecule has 0 aliphatic heterocycles. The largest absolute Gasteiger partial charge is 0.324 e. The van der Waals surface area contributed by atoms with Crippen molar-refractivity contribution >= 4 is 23.2 Å². The van der Waals surface area contributed by atoms with Gasteiger partial charge in [-0.05, 0) is 25.1 Å². The molecule has 0 amide bonds. The molecule has 6 heteroatoms. The monoisotopic (exact) mass is 301 g/mol. The van der Waals surface area contributed by atoms with Crippen LogP contribution in [0.4, 0.5) is 4.39 Å². The first-order chi connectivity index (χ1) is 8.90. The van der Waals surface area contributed by atoms with E-state index >= 15 is 0 Å². The van der Waals surface area contributed by atoms with Gasteiger partial charge in [0.05, 0.1) is 16.4 Å². The van der Waals surface area contributed by atoms with Gasteiger partial charge in [0.25, 0.3) is 0 Å². The van der Waals surface area contributed by atoms with Crippen LogP contribution in [0.15, 0.2) is 18.2 Å². The molecule has 2 N–H and O–H groups in total. The van der Waals surface area contributed by atoms with Crippen molar-refractivity contribution in [3.63, 3.8) is 0 Å². The molecule has 102 valence electrons. The van der Waals surface area contributed by atoms with E-state index in [-0.39, 0.29) is 5.82 Å². The second-order valence-electron chi connectivity index (χ2n) is 4.45. The fraction of sp³-hybridized carbons (Fsp3) is 0.308. The summed E-state index contributed by atoms with van der Waals surface area (Å²) in [6, 6.07) is 3.83. The number of aromatic nitrogens is 2. The van der Waals surface area contributed by atoms with Crippen LogP contribution in [0.3, 0.4) is 0 Å². The Morgan fingerprint density at radius 2 is 2.11 bits per heavy atom. The number of benzene rings is 1. The highest BCUT2D eigenvalue weighted by molar-refractivity contribution is 6.32. The van der Waals surface area contributed by atoms with Gasteiger partial charge in [-0.25, -0.2) is 4.39 Å². The first-order valence-electron chi connectivity index (χ1n) is 5.78. The number of halogens is 3. The summed E-state index contributed by atoms with van der Waals surface area (Å²) < 4.78 is 15.4. The Morgan fingerprint density at radius 1 is 1.42 bits per heavy atom. The van der Waals surface area contributed by atoms with Crippen LogP contribution >= 0.6 is 23.2 Å². The van der Waals surface area contributed by atoms with Gasteiger partial charge in [0, 0.05) is 30.1 Å². The van der Waals surface area contributed by atoms with Crippen LogP contribution in [0.25, 0.3) is 0 Å². The smallest absolute Gasteiger partial charge is 0.128 e. The van der Waals surface area contributed by atoms with Gasteiger partial charge in [0.2, 0.25) is 0 Å². The average Bonchev–Trinajstić information content (AvgIpc) is 2.59. The third-order valence-electron chi connectivity index (χ3n) is 3.03. The minimum Gasteiger partial charge on any atom is -0.324 e. The normalized spacial score (nSPS) is 12.7. The van der Waals surface area contributed by atoms with Gasteiger partial charge in [-0.1, -0.05) is 23.2 Å². The highest BCUT2D eigenvalue weighted by Crippen LogP contribution is 2.26. The quantitative estimate of drug-likeness (QED) is 0.944. The zero-order valence-electron chi connectivity index (χ0n) is 10.6. The van der Waals surface area contributed by atoms with E-state index in [9.17, 15) is 4.39 Å². The first-order valence-corrected chi connectivity index (χ1v) is 6.54. The van der Waals surface area contributed by atoms with Gasteiger partial charge >= 0.3 is 0 Å². The SMILES string of the molecule is Cc1nn(C)c(CC(N)c2cc(Cl)ccc2F)c1Cl. The van der Waals surface area contributed by atoms with E-state index in [1.54, 1.807) is 17.8 Å². The molecule has 0 saturated carbocycles. The van der Waals surface area contributed by atoms with Crippen molar-refractivity contribution in [2.75, 3.05) is 0 Å². The van der Waals surface area contributed by atoms with Crippen molar-refractivity contribution in [1.82, 2.24) is 9.78 Å². The molecule has 0 aliphatic rings. The molecule has 19 heavy (non-hydrogen) atoms. The molecule has 1 unspecified atom stereocenters. The van der Waals surface area contributed by atoms with Crippen molar-refractivity contribution < 1.29 is 4.39 Å². The summed E-state index contributed by atoms with van der Waals surface area (Å²) in [7, 11) is 1.79. The Balaban J connectivity index is 2.30. The lowest BCUT2D eigenvalue weighted by atomic mass is 10.0. The van der Waals surface area contributed by atoms with Crippen LogP contribution in [-0.2, 0) is 13.5 Å². The Hall–Kier alpha value is -1.10. The van der Waals surface area contributed by atoms with Crippen LogP contribution in [0, 0.1) is 12.7 Å². The van der Waals surface area contributed by atoms with E-state index < -0.39 is 6.04 Å². The summed E-state index contributed by atoms with van der Waals surface area (Å²) >= 11 is 12.0. The summed E-state index contributed by atoms with van der Waals surface area (Å²) in [5.74, 6) is -0.369. The Morgan fingerprint density at radius 3 is 2.68 bits per heavy atom. The van der Waals surface area contributed by atoms with Gasteiger partial charge in [0.1, 0.15) is 5.82 Å². The Bertz CT molecular complexity index is 610. The number of hydrogen-bond donors (Lipinski definition) is 1. The standard InChI is InChI=1S/C13H14Cl2FN3/c1-7-13(15)12(19(2)18-7)6-11(17)9-5-8(14)3-4-10(9)16/h3-5,11H,6,17H2,1-2H3. The zero-order valence-corrected chi connectivity index (χ0v) is 12.1. The first kappa shape index (κ1) is 14.3. The van der Waals surface area contributed by atoms with E-state index in [1.807, 2.05) is 6.92 Å². The van der Waals surface area contributed by atoms with E-state index in [4.69, 9.17) is 28.9 Å². The van der Waals surface area contributed by atoms with Gasteiger partial charge in [-0.3, -0.25) is 4.68 Å². The predicted molar refractivity (Wildman–Crippen MR) is 75.0 cm³/mol. The second-order valence-corrected chi connectivity index (χ2v) is 5.26. The predicted octanol–water partition coefficient (Wildman–Crippen LogP) is 3.42.